The highest BCUT2D eigenvalue weighted by atomic mass is 127. The second-order valence-electron chi connectivity index (χ2n) is 3.76. The third kappa shape index (κ3) is 2.93. The van der Waals surface area contributed by atoms with Crippen molar-refractivity contribution < 1.29 is 8.42 Å². The van der Waals surface area contributed by atoms with E-state index in [9.17, 15) is 8.42 Å². The van der Waals surface area contributed by atoms with Gasteiger partial charge < -0.3 is 5.32 Å². The van der Waals surface area contributed by atoms with Gasteiger partial charge >= 0.3 is 0 Å². The third-order valence-electron chi connectivity index (χ3n) is 2.51. The van der Waals surface area contributed by atoms with Gasteiger partial charge in [0.1, 0.15) is 0 Å². The lowest BCUT2D eigenvalue weighted by Crippen LogP contribution is -2.36. The first kappa shape index (κ1) is 12.3. The van der Waals surface area contributed by atoms with Crippen molar-refractivity contribution in [1.29, 1.82) is 0 Å². The fourth-order valence-corrected chi connectivity index (χ4v) is 3.29. The summed E-state index contributed by atoms with van der Waals surface area (Å²) in [4.78, 5) is 0.333. The Morgan fingerprint density at radius 3 is 2.56 bits per heavy atom. The van der Waals surface area contributed by atoms with E-state index in [4.69, 9.17) is 0 Å². The van der Waals surface area contributed by atoms with E-state index in [0.29, 0.717) is 11.4 Å². The average Bonchev–Trinajstić information content (AvgIpc) is 2.70. The van der Waals surface area contributed by atoms with Gasteiger partial charge in [-0.15, -0.1) is 0 Å². The molecule has 0 radical (unpaired) electrons. The van der Waals surface area contributed by atoms with Gasteiger partial charge in [0.2, 0.25) is 10.0 Å². The molecule has 0 aliphatic carbocycles. The van der Waals surface area contributed by atoms with Gasteiger partial charge in [-0.25, -0.2) is 13.1 Å². The second-order valence-corrected chi connectivity index (χ2v) is 6.72. The minimum absolute atomic E-state index is 0.0179. The molecule has 0 saturated carbocycles. The van der Waals surface area contributed by atoms with E-state index in [0.717, 1.165) is 16.5 Å². The molecule has 0 aromatic heterocycles. The van der Waals surface area contributed by atoms with Crippen LogP contribution in [0.15, 0.2) is 29.2 Å². The largest absolute Gasteiger partial charge is 0.315 e. The van der Waals surface area contributed by atoms with Gasteiger partial charge in [-0.2, -0.15) is 0 Å². The first-order valence-corrected chi connectivity index (χ1v) is 7.63. The maximum Gasteiger partial charge on any atom is 0.240 e. The lowest BCUT2D eigenvalue weighted by atomic mass is 10.3. The van der Waals surface area contributed by atoms with Crippen LogP contribution in [0.25, 0.3) is 0 Å². The minimum Gasteiger partial charge on any atom is -0.315 e. The molecule has 1 fully saturated rings. The normalized spacial score (nSPS) is 21.2. The monoisotopic (exact) mass is 352 g/mol. The van der Waals surface area contributed by atoms with Crippen LogP contribution in [0.1, 0.15) is 6.42 Å². The van der Waals surface area contributed by atoms with Gasteiger partial charge in [0.05, 0.1) is 4.90 Å². The predicted molar refractivity (Wildman–Crippen MR) is 70.8 cm³/mol. The van der Waals surface area contributed by atoms with E-state index in [1.54, 1.807) is 24.3 Å². The molecule has 4 nitrogen and oxygen atoms in total. The van der Waals surface area contributed by atoms with Gasteiger partial charge in [0, 0.05) is 16.2 Å². The Bertz CT molecular complexity index is 452. The summed E-state index contributed by atoms with van der Waals surface area (Å²) in [6.07, 6.45) is 0.851. The summed E-state index contributed by atoms with van der Waals surface area (Å²) in [5.41, 5.74) is 0. The van der Waals surface area contributed by atoms with E-state index in [-0.39, 0.29) is 6.04 Å². The van der Waals surface area contributed by atoms with Gasteiger partial charge in [-0.05, 0) is 59.8 Å². The van der Waals surface area contributed by atoms with E-state index in [1.807, 2.05) is 0 Å². The molecule has 6 heteroatoms. The van der Waals surface area contributed by atoms with Crippen LogP contribution in [0.4, 0.5) is 0 Å². The molecule has 1 aromatic carbocycles. The summed E-state index contributed by atoms with van der Waals surface area (Å²) in [6, 6.07) is 6.87. The molecule has 2 N–H and O–H groups in total. The van der Waals surface area contributed by atoms with Crippen molar-refractivity contribution >= 4 is 32.6 Å². The molecule has 1 heterocycles. The van der Waals surface area contributed by atoms with Crippen molar-refractivity contribution in [2.24, 2.45) is 0 Å². The number of nitrogens with one attached hydrogen (secondary N) is 2. The molecule has 16 heavy (non-hydrogen) atoms. The molecule has 0 spiro atoms. The fraction of sp³-hybridized carbons (Fsp3) is 0.400. The Hall–Kier alpha value is -0.180. The molecule has 1 aliphatic heterocycles. The Morgan fingerprint density at radius 1 is 1.31 bits per heavy atom. The lowest BCUT2D eigenvalue weighted by molar-refractivity contribution is 0.560. The first-order chi connectivity index (χ1) is 7.58. The maximum atomic E-state index is 12.0. The van der Waals surface area contributed by atoms with E-state index in [1.165, 1.54) is 0 Å². The third-order valence-corrected chi connectivity index (χ3v) is 4.76. The highest BCUT2D eigenvalue weighted by Gasteiger charge is 2.22. The van der Waals surface area contributed by atoms with Crippen LogP contribution in [0.3, 0.4) is 0 Å². The van der Waals surface area contributed by atoms with Crippen molar-refractivity contribution in [2.45, 2.75) is 17.4 Å². The number of hydrogen-bond acceptors (Lipinski definition) is 3. The molecule has 0 unspecified atom stereocenters. The Kier molecular flexibility index (Phi) is 3.83. The van der Waals surface area contributed by atoms with Gasteiger partial charge in [-0.1, -0.05) is 0 Å². The molecule has 0 bridgehead atoms. The van der Waals surface area contributed by atoms with Crippen LogP contribution in [0, 0.1) is 3.57 Å². The van der Waals surface area contributed by atoms with Crippen molar-refractivity contribution in [1.82, 2.24) is 10.0 Å². The van der Waals surface area contributed by atoms with Crippen LogP contribution in [-0.2, 0) is 10.0 Å². The second kappa shape index (κ2) is 4.99. The summed E-state index contributed by atoms with van der Waals surface area (Å²) in [7, 11) is -3.35. The molecule has 1 atom stereocenters. The van der Waals surface area contributed by atoms with Crippen LogP contribution < -0.4 is 10.0 Å². The Balaban J connectivity index is 2.14. The van der Waals surface area contributed by atoms with E-state index in [2.05, 4.69) is 32.6 Å². The number of rotatable bonds is 3. The van der Waals surface area contributed by atoms with Crippen LogP contribution in [-0.4, -0.2) is 27.5 Å². The highest BCUT2D eigenvalue weighted by molar-refractivity contribution is 14.1. The van der Waals surface area contributed by atoms with Crippen LogP contribution in [0.5, 0.6) is 0 Å². The molecule has 1 aromatic rings. The van der Waals surface area contributed by atoms with Crippen molar-refractivity contribution in [3.8, 4) is 0 Å². The summed E-state index contributed by atoms with van der Waals surface area (Å²) in [6.45, 7) is 1.59. The van der Waals surface area contributed by atoms with Gasteiger partial charge in [-0.3, -0.25) is 0 Å². The molecule has 1 aliphatic rings. The first-order valence-electron chi connectivity index (χ1n) is 5.06. The predicted octanol–water partition coefficient (Wildman–Crippen LogP) is 0.931. The van der Waals surface area contributed by atoms with Crippen molar-refractivity contribution in [3.05, 3.63) is 27.8 Å². The Labute approximate surface area is 109 Å². The SMILES string of the molecule is O=S(=O)(N[C@H]1CCNC1)c1ccc(I)cc1. The maximum absolute atomic E-state index is 12.0. The molecule has 0 amide bonds. The summed E-state index contributed by atoms with van der Waals surface area (Å²) in [5.74, 6) is 0. The summed E-state index contributed by atoms with van der Waals surface area (Å²) < 4.78 is 27.6. The van der Waals surface area contributed by atoms with E-state index >= 15 is 0 Å². The topological polar surface area (TPSA) is 58.2 Å². The zero-order valence-corrected chi connectivity index (χ0v) is 11.6. The van der Waals surface area contributed by atoms with E-state index < -0.39 is 10.0 Å². The molecule has 2 rings (SSSR count). The number of hydrogen-bond donors (Lipinski definition) is 2. The number of halogens is 1. The molecular formula is C10H13IN2O2S. The zero-order chi connectivity index (χ0) is 11.6. The van der Waals surface area contributed by atoms with Crippen molar-refractivity contribution in [2.75, 3.05) is 13.1 Å². The zero-order valence-electron chi connectivity index (χ0n) is 8.61. The smallest absolute Gasteiger partial charge is 0.240 e. The lowest BCUT2D eigenvalue weighted by Gasteiger charge is -2.11. The number of benzene rings is 1. The van der Waals surface area contributed by atoms with Crippen molar-refractivity contribution in [3.63, 3.8) is 0 Å². The standard InChI is InChI=1S/C10H13IN2O2S/c11-8-1-3-10(4-2-8)16(14,15)13-9-5-6-12-7-9/h1-4,9,12-13H,5-7H2/t9-/m0/s1. The quantitative estimate of drug-likeness (QED) is 0.796. The van der Waals surface area contributed by atoms with Gasteiger partial charge in [0.25, 0.3) is 0 Å². The highest BCUT2D eigenvalue weighted by Crippen LogP contribution is 2.13. The molecule has 1 saturated heterocycles. The Morgan fingerprint density at radius 2 is 2.00 bits per heavy atom. The average molecular weight is 352 g/mol. The number of sulfonamides is 1. The van der Waals surface area contributed by atoms with Crippen LogP contribution >= 0.6 is 22.6 Å². The minimum atomic E-state index is -3.35. The summed E-state index contributed by atoms with van der Waals surface area (Å²) >= 11 is 2.15. The van der Waals surface area contributed by atoms with Gasteiger partial charge in [0.15, 0.2) is 0 Å². The fourth-order valence-electron chi connectivity index (χ4n) is 1.66. The summed E-state index contributed by atoms with van der Waals surface area (Å²) in [5, 5.41) is 3.13. The molecule has 88 valence electrons. The van der Waals surface area contributed by atoms with Crippen LogP contribution in [0.2, 0.25) is 0 Å². The molecular weight excluding hydrogens is 339 g/mol.